The van der Waals surface area contributed by atoms with Crippen LogP contribution in [-0.4, -0.2) is 38.1 Å². The minimum absolute atomic E-state index is 0.443. The highest BCUT2D eigenvalue weighted by molar-refractivity contribution is 6.60. The van der Waals surface area contributed by atoms with Gasteiger partial charge in [0.1, 0.15) is 0 Å². The molecule has 17 heavy (non-hydrogen) atoms. The minimum Gasteiger partial charge on any atom is -0.399 e. The maximum Gasteiger partial charge on any atom is 0.498 e. The van der Waals surface area contributed by atoms with Crippen molar-refractivity contribution in [2.24, 2.45) is 9.98 Å². The predicted octanol–water partition coefficient (Wildman–Crippen LogP) is 2.20. The third-order valence-electron chi connectivity index (χ3n) is 3.08. The molecule has 0 bridgehead atoms. The molecule has 1 heterocycles. The largest absolute Gasteiger partial charge is 0.498 e. The maximum atomic E-state index is 12.0. The first-order chi connectivity index (χ1) is 7.84. The van der Waals surface area contributed by atoms with E-state index in [1.807, 2.05) is 27.7 Å². The summed E-state index contributed by atoms with van der Waals surface area (Å²) in [4.78, 5) is 7.17. The van der Waals surface area contributed by atoms with Crippen molar-refractivity contribution in [1.82, 2.24) is 0 Å². The predicted molar refractivity (Wildman–Crippen MR) is 68.2 cm³/mol. The lowest BCUT2D eigenvalue weighted by Crippen LogP contribution is -2.41. The van der Waals surface area contributed by atoms with Crippen molar-refractivity contribution >= 4 is 20.1 Å². The van der Waals surface area contributed by atoms with Gasteiger partial charge in [-0.05, 0) is 34.4 Å². The van der Waals surface area contributed by atoms with Crippen molar-refractivity contribution in [2.75, 3.05) is 6.80 Å². The van der Waals surface area contributed by atoms with Crippen LogP contribution in [0.15, 0.2) is 21.7 Å². The van der Waals surface area contributed by atoms with Gasteiger partial charge < -0.3 is 9.31 Å². The van der Waals surface area contributed by atoms with Crippen molar-refractivity contribution in [2.45, 2.75) is 38.9 Å². The Balaban J connectivity index is 2.90. The van der Waals surface area contributed by atoms with Crippen LogP contribution in [0.3, 0.4) is 0 Å². The smallest absolute Gasteiger partial charge is 0.399 e. The van der Waals surface area contributed by atoms with Gasteiger partial charge in [-0.1, -0.05) is 0 Å². The lowest BCUT2D eigenvalue weighted by atomic mass is 9.79. The lowest BCUT2D eigenvalue weighted by molar-refractivity contribution is 0.00578. The Morgan fingerprint density at radius 1 is 1.29 bits per heavy atom. The molecule has 0 saturated carbocycles. The van der Waals surface area contributed by atoms with Crippen LogP contribution in [0.5, 0.6) is 0 Å². The van der Waals surface area contributed by atoms with Crippen molar-refractivity contribution in [3.8, 4) is 0 Å². The summed E-state index contributed by atoms with van der Waals surface area (Å²) in [7, 11) is -0.596. The van der Waals surface area contributed by atoms with Crippen LogP contribution < -0.4 is 0 Å². The third kappa shape index (κ3) is 3.01. The monoisotopic (exact) mass is 240 g/mol. The van der Waals surface area contributed by atoms with Crippen LogP contribution in [0.2, 0.25) is 0 Å². The highest BCUT2D eigenvalue weighted by atomic mass is 19.1. The third-order valence-corrected chi connectivity index (χ3v) is 3.08. The Morgan fingerprint density at radius 2 is 1.82 bits per heavy atom. The fourth-order valence-corrected chi connectivity index (χ4v) is 1.38. The zero-order valence-electron chi connectivity index (χ0n) is 10.7. The summed E-state index contributed by atoms with van der Waals surface area (Å²) in [6.07, 6.45) is 2.82. The number of rotatable bonds is 4. The average Bonchev–Trinajstić information content (AvgIpc) is 2.43. The van der Waals surface area contributed by atoms with E-state index in [1.54, 1.807) is 0 Å². The SMILES string of the molecule is C=N/C=C(\C=N/CF)B1OC(C)(C)C(C)(C)O1. The summed E-state index contributed by atoms with van der Waals surface area (Å²) >= 11 is 0. The van der Waals surface area contributed by atoms with E-state index in [9.17, 15) is 4.39 Å². The van der Waals surface area contributed by atoms with E-state index in [1.165, 1.54) is 12.4 Å². The number of alkyl halides is 1. The Bertz CT molecular complexity index is 337. The van der Waals surface area contributed by atoms with Crippen molar-refractivity contribution in [3.63, 3.8) is 0 Å². The second-order valence-electron chi connectivity index (χ2n) is 4.83. The first-order valence-electron chi connectivity index (χ1n) is 5.41. The van der Waals surface area contributed by atoms with Gasteiger partial charge in [-0.15, -0.1) is 0 Å². The summed E-state index contributed by atoms with van der Waals surface area (Å²) in [6.45, 7) is 10.3. The van der Waals surface area contributed by atoms with Crippen molar-refractivity contribution in [1.29, 1.82) is 0 Å². The molecule has 0 unspecified atom stereocenters. The molecule has 0 N–H and O–H groups in total. The van der Waals surface area contributed by atoms with Crippen molar-refractivity contribution < 1.29 is 13.7 Å². The van der Waals surface area contributed by atoms with E-state index in [0.29, 0.717) is 5.47 Å². The Hall–Kier alpha value is -1.01. The maximum absolute atomic E-state index is 12.0. The molecule has 0 spiro atoms. The van der Waals surface area contributed by atoms with Crippen LogP contribution in [0, 0.1) is 0 Å². The first-order valence-corrected chi connectivity index (χ1v) is 5.41. The molecule has 0 aromatic heterocycles. The van der Waals surface area contributed by atoms with E-state index < -0.39 is 25.1 Å². The molecule has 4 nitrogen and oxygen atoms in total. The summed E-state index contributed by atoms with van der Waals surface area (Å²) in [5.74, 6) is 0. The molecule has 1 aliphatic heterocycles. The van der Waals surface area contributed by atoms with Gasteiger partial charge in [0, 0.05) is 17.9 Å². The highest BCUT2D eigenvalue weighted by Gasteiger charge is 2.52. The fourth-order valence-electron chi connectivity index (χ4n) is 1.38. The number of hydrogen-bond donors (Lipinski definition) is 0. The van der Waals surface area contributed by atoms with E-state index in [2.05, 4.69) is 16.7 Å². The highest BCUT2D eigenvalue weighted by Crippen LogP contribution is 2.38. The van der Waals surface area contributed by atoms with Gasteiger partial charge in [-0.25, -0.2) is 4.39 Å². The molecule has 0 amide bonds. The summed E-state index contributed by atoms with van der Waals surface area (Å²) in [5.41, 5.74) is -0.334. The van der Waals surface area contributed by atoms with E-state index >= 15 is 0 Å². The quantitative estimate of drug-likeness (QED) is 0.429. The summed E-state index contributed by atoms with van der Waals surface area (Å²) in [6, 6.07) is 0. The van der Waals surface area contributed by atoms with Crippen LogP contribution in [0.25, 0.3) is 0 Å². The Kier molecular flexibility index (Phi) is 4.22. The van der Waals surface area contributed by atoms with E-state index in [4.69, 9.17) is 9.31 Å². The van der Waals surface area contributed by atoms with Crippen LogP contribution in [0.4, 0.5) is 4.39 Å². The normalized spacial score (nSPS) is 23.4. The molecule has 1 aliphatic rings. The molecule has 94 valence electrons. The Labute approximate surface area is 102 Å². The molecular weight excluding hydrogens is 222 g/mol. The first kappa shape index (κ1) is 14.1. The molecule has 0 aliphatic carbocycles. The van der Waals surface area contributed by atoms with Crippen molar-refractivity contribution in [3.05, 3.63) is 11.7 Å². The molecule has 0 aromatic carbocycles. The van der Waals surface area contributed by atoms with Gasteiger partial charge in [-0.2, -0.15) is 0 Å². The Morgan fingerprint density at radius 3 is 2.24 bits per heavy atom. The van der Waals surface area contributed by atoms with Gasteiger partial charge in [0.2, 0.25) is 0 Å². The number of aliphatic imine (C=N–C) groups is 2. The molecule has 1 saturated heterocycles. The second kappa shape index (κ2) is 5.10. The van der Waals surface area contributed by atoms with Gasteiger partial charge >= 0.3 is 7.12 Å². The number of nitrogens with zero attached hydrogens (tertiary/aromatic N) is 2. The average molecular weight is 240 g/mol. The van der Waals surface area contributed by atoms with Gasteiger partial charge in [0.15, 0.2) is 6.80 Å². The van der Waals surface area contributed by atoms with Gasteiger partial charge in [0.05, 0.1) is 11.2 Å². The van der Waals surface area contributed by atoms with Crippen LogP contribution in [-0.2, 0) is 9.31 Å². The zero-order valence-corrected chi connectivity index (χ0v) is 10.7. The lowest BCUT2D eigenvalue weighted by Gasteiger charge is -2.32. The molecule has 0 atom stereocenters. The molecule has 0 radical (unpaired) electrons. The minimum atomic E-state index is -0.784. The van der Waals surface area contributed by atoms with Crippen LogP contribution >= 0.6 is 0 Å². The van der Waals surface area contributed by atoms with E-state index in [-0.39, 0.29) is 0 Å². The zero-order chi connectivity index (χ0) is 13.1. The molecular formula is C11H18BFN2O2. The summed E-state index contributed by atoms with van der Waals surface area (Å²) in [5, 5.41) is 0. The standard InChI is InChI=1S/C11H18BFN2O2/c1-10(2)11(3,4)17-12(16-10)9(6-14-5)7-15-8-13/h6-7H,5,8H2,1-4H3/b9-6+,15-7-. The number of halogens is 1. The van der Waals surface area contributed by atoms with Gasteiger partial charge in [-0.3, -0.25) is 9.98 Å². The summed E-state index contributed by atoms with van der Waals surface area (Å²) < 4.78 is 23.6. The molecule has 1 fully saturated rings. The molecule has 1 rings (SSSR count). The van der Waals surface area contributed by atoms with Gasteiger partial charge in [0.25, 0.3) is 0 Å². The number of hydrogen-bond acceptors (Lipinski definition) is 4. The second-order valence-corrected chi connectivity index (χ2v) is 4.83. The molecule has 0 aromatic rings. The molecule has 6 heteroatoms. The number of allylic oxidation sites excluding steroid dienone is 1. The fraction of sp³-hybridized carbons (Fsp3) is 0.636. The van der Waals surface area contributed by atoms with E-state index in [0.717, 1.165) is 0 Å². The topological polar surface area (TPSA) is 43.2 Å². The van der Waals surface area contributed by atoms with Crippen LogP contribution in [0.1, 0.15) is 27.7 Å².